The van der Waals surface area contributed by atoms with Crippen LogP contribution in [0.3, 0.4) is 0 Å². The molecule has 3 rings (SSSR count). The summed E-state index contributed by atoms with van der Waals surface area (Å²) in [6, 6.07) is 7.11. The molecule has 6 nitrogen and oxygen atoms in total. The van der Waals surface area contributed by atoms with Crippen molar-refractivity contribution in [3.05, 3.63) is 24.3 Å². The van der Waals surface area contributed by atoms with Gasteiger partial charge in [0.25, 0.3) is 0 Å². The fourth-order valence-electron chi connectivity index (χ4n) is 4.06. The molecular formula is C21H29N3O3. The topological polar surface area (TPSA) is 78.5 Å². The van der Waals surface area contributed by atoms with Crippen LogP contribution < -0.4 is 10.6 Å². The molecule has 0 atom stereocenters. The highest BCUT2D eigenvalue weighted by Crippen LogP contribution is 2.31. The van der Waals surface area contributed by atoms with Crippen LogP contribution in [0.15, 0.2) is 24.3 Å². The first-order chi connectivity index (χ1) is 13.0. The van der Waals surface area contributed by atoms with E-state index >= 15 is 0 Å². The molecule has 146 valence electrons. The largest absolute Gasteiger partial charge is 0.342 e. The normalized spacial score (nSPS) is 22.8. The van der Waals surface area contributed by atoms with Gasteiger partial charge < -0.3 is 15.5 Å². The van der Waals surface area contributed by atoms with Crippen LogP contribution in [0.5, 0.6) is 0 Å². The highest BCUT2D eigenvalue weighted by Gasteiger charge is 2.32. The van der Waals surface area contributed by atoms with Gasteiger partial charge in [0.15, 0.2) is 0 Å². The summed E-state index contributed by atoms with van der Waals surface area (Å²) in [6.45, 7) is 3.25. The lowest BCUT2D eigenvalue weighted by molar-refractivity contribution is -0.138. The monoisotopic (exact) mass is 371 g/mol. The number of nitrogens with one attached hydrogen (secondary N) is 2. The van der Waals surface area contributed by atoms with Gasteiger partial charge in [-0.25, -0.2) is 0 Å². The molecule has 1 aromatic carbocycles. The lowest BCUT2D eigenvalue weighted by Crippen LogP contribution is -2.41. The van der Waals surface area contributed by atoms with Crippen LogP contribution in [0.4, 0.5) is 11.4 Å². The van der Waals surface area contributed by atoms with E-state index in [1.165, 1.54) is 13.3 Å². The Morgan fingerprint density at radius 2 is 1.33 bits per heavy atom. The number of carbonyl (C=O) groups is 3. The zero-order valence-corrected chi connectivity index (χ0v) is 16.0. The Balaban J connectivity index is 1.46. The van der Waals surface area contributed by atoms with Crippen molar-refractivity contribution in [1.29, 1.82) is 0 Å². The number of nitrogens with zero attached hydrogens (tertiary/aromatic N) is 1. The molecule has 1 aliphatic carbocycles. The lowest BCUT2D eigenvalue weighted by Gasteiger charge is -2.33. The molecule has 2 N–H and O–H groups in total. The van der Waals surface area contributed by atoms with Gasteiger partial charge in [-0.2, -0.15) is 0 Å². The third-order valence-corrected chi connectivity index (χ3v) is 5.59. The standard InChI is InChI=1S/C21H29N3O3/c1-15(25)22-18-9-11-19(12-10-18)23-20(26)16-5-7-17(8-6-16)21(27)24-13-3-2-4-14-24/h9-12,16-17H,2-8,13-14H2,1H3,(H,22,25)(H,23,26). The van der Waals surface area contributed by atoms with Crippen molar-refractivity contribution in [1.82, 2.24) is 4.90 Å². The van der Waals surface area contributed by atoms with Crippen LogP contribution in [-0.2, 0) is 14.4 Å². The number of hydrogen-bond acceptors (Lipinski definition) is 3. The molecule has 27 heavy (non-hydrogen) atoms. The van der Waals surface area contributed by atoms with Gasteiger partial charge in [0, 0.05) is 43.2 Å². The Labute approximate surface area is 160 Å². The van der Waals surface area contributed by atoms with Gasteiger partial charge >= 0.3 is 0 Å². The smallest absolute Gasteiger partial charge is 0.227 e. The first-order valence-corrected chi connectivity index (χ1v) is 10.0. The molecule has 2 fully saturated rings. The van der Waals surface area contributed by atoms with Crippen LogP contribution in [0.2, 0.25) is 0 Å². The Hall–Kier alpha value is -2.37. The third-order valence-electron chi connectivity index (χ3n) is 5.59. The Morgan fingerprint density at radius 1 is 0.815 bits per heavy atom. The van der Waals surface area contributed by atoms with Gasteiger partial charge in [-0.3, -0.25) is 14.4 Å². The second-order valence-electron chi connectivity index (χ2n) is 7.68. The van der Waals surface area contributed by atoms with Crippen LogP contribution in [-0.4, -0.2) is 35.7 Å². The SMILES string of the molecule is CC(=O)Nc1ccc(NC(=O)C2CCC(C(=O)N3CCCCC3)CC2)cc1. The van der Waals surface area contributed by atoms with Crippen molar-refractivity contribution in [2.75, 3.05) is 23.7 Å². The summed E-state index contributed by atoms with van der Waals surface area (Å²) >= 11 is 0. The zero-order chi connectivity index (χ0) is 19.2. The Kier molecular flexibility index (Phi) is 6.48. The summed E-state index contributed by atoms with van der Waals surface area (Å²) < 4.78 is 0. The summed E-state index contributed by atoms with van der Waals surface area (Å²) in [5, 5.41) is 5.66. The number of carbonyl (C=O) groups excluding carboxylic acids is 3. The first kappa shape index (κ1) is 19.4. The molecule has 2 aliphatic rings. The summed E-state index contributed by atoms with van der Waals surface area (Å²) in [4.78, 5) is 38.2. The van der Waals surface area contributed by atoms with Crippen molar-refractivity contribution >= 4 is 29.1 Å². The molecule has 0 spiro atoms. The van der Waals surface area contributed by atoms with E-state index in [1.54, 1.807) is 24.3 Å². The first-order valence-electron chi connectivity index (χ1n) is 10.0. The minimum absolute atomic E-state index is 0.0196. The number of anilines is 2. The molecule has 1 aromatic rings. The Morgan fingerprint density at radius 3 is 1.89 bits per heavy atom. The molecule has 0 radical (unpaired) electrons. The maximum absolute atomic E-state index is 12.6. The van der Waals surface area contributed by atoms with E-state index in [1.807, 2.05) is 4.90 Å². The van der Waals surface area contributed by atoms with Gasteiger partial charge in [0.05, 0.1) is 0 Å². The third kappa shape index (κ3) is 5.31. The quantitative estimate of drug-likeness (QED) is 0.851. The van der Waals surface area contributed by atoms with E-state index in [2.05, 4.69) is 10.6 Å². The molecular weight excluding hydrogens is 342 g/mol. The highest BCUT2D eigenvalue weighted by atomic mass is 16.2. The molecule has 1 saturated carbocycles. The van der Waals surface area contributed by atoms with Gasteiger partial charge in [-0.1, -0.05) is 0 Å². The molecule has 6 heteroatoms. The van der Waals surface area contributed by atoms with Crippen molar-refractivity contribution in [3.63, 3.8) is 0 Å². The average Bonchev–Trinajstić information content (AvgIpc) is 2.69. The van der Waals surface area contributed by atoms with Gasteiger partial charge in [0.1, 0.15) is 0 Å². The molecule has 3 amide bonds. The minimum atomic E-state index is -0.123. The molecule has 1 saturated heterocycles. The predicted molar refractivity (Wildman–Crippen MR) is 105 cm³/mol. The van der Waals surface area contributed by atoms with E-state index in [0.717, 1.165) is 57.3 Å². The summed E-state index contributed by atoms with van der Waals surface area (Å²) in [5.41, 5.74) is 1.43. The predicted octanol–water partition coefficient (Wildman–Crippen LogP) is 3.40. The zero-order valence-electron chi connectivity index (χ0n) is 16.0. The number of piperidine rings is 1. The van der Waals surface area contributed by atoms with Crippen molar-refractivity contribution < 1.29 is 14.4 Å². The maximum atomic E-state index is 12.6. The molecule has 0 aromatic heterocycles. The Bertz CT molecular complexity index is 672. The van der Waals surface area contributed by atoms with Crippen molar-refractivity contribution in [2.24, 2.45) is 11.8 Å². The van der Waals surface area contributed by atoms with E-state index in [9.17, 15) is 14.4 Å². The molecule has 0 bridgehead atoms. The van der Waals surface area contributed by atoms with Crippen LogP contribution in [0.1, 0.15) is 51.9 Å². The van der Waals surface area contributed by atoms with Crippen molar-refractivity contribution in [2.45, 2.75) is 51.9 Å². The number of amides is 3. The van der Waals surface area contributed by atoms with E-state index in [-0.39, 0.29) is 23.7 Å². The molecule has 1 heterocycles. The fourth-order valence-corrected chi connectivity index (χ4v) is 4.06. The van der Waals surface area contributed by atoms with E-state index in [0.29, 0.717) is 11.6 Å². The minimum Gasteiger partial charge on any atom is -0.342 e. The maximum Gasteiger partial charge on any atom is 0.227 e. The van der Waals surface area contributed by atoms with Crippen LogP contribution in [0.25, 0.3) is 0 Å². The van der Waals surface area contributed by atoms with Crippen molar-refractivity contribution in [3.8, 4) is 0 Å². The van der Waals surface area contributed by atoms with Crippen LogP contribution >= 0.6 is 0 Å². The molecule has 1 aliphatic heterocycles. The summed E-state index contributed by atoms with van der Waals surface area (Å²) in [6.07, 6.45) is 6.58. The second-order valence-corrected chi connectivity index (χ2v) is 7.68. The van der Waals surface area contributed by atoms with Crippen LogP contribution in [0, 0.1) is 11.8 Å². The summed E-state index contributed by atoms with van der Waals surface area (Å²) in [5.74, 6) is 0.241. The van der Waals surface area contributed by atoms with Gasteiger partial charge in [-0.15, -0.1) is 0 Å². The number of benzene rings is 1. The fraction of sp³-hybridized carbons (Fsp3) is 0.571. The van der Waals surface area contributed by atoms with Gasteiger partial charge in [-0.05, 0) is 69.2 Å². The average molecular weight is 371 g/mol. The number of hydrogen-bond donors (Lipinski definition) is 2. The highest BCUT2D eigenvalue weighted by molar-refractivity contribution is 5.93. The number of likely N-dealkylation sites (tertiary alicyclic amines) is 1. The van der Waals surface area contributed by atoms with E-state index in [4.69, 9.17) is 0 Å². The van der Waals surface area contributed by atoms with Gasteiger partial charge in [0.2, 0.25) is 17.7 Å². The van der Waals surface area contributed by atoms with E-state index < -0.39 is 0 Å². The number of rotatable bonds is 4. The second kappa shape index (κ2) is 9.02. The summed E-state index contributed by atoms with van der Waals surface area (Å²) in [7, 11) is 0. The molecule has 0 unspecified atom stereocenters. The lowest BCUT2D eigenvalue weighted by atomic mass is 9.80.